The molecule has 0 aromatic carbocycles. The van der Waals surface area contributed by atoms with Crippen LogP contribution in [0.3, 0.4) is 0 Å². The molecular formula is C10H10F5NS. The standard InChI is InChI=1S/C10H10F5NS/c1-6(17-2)7-3-4-8(16-5-7)9(11,12)10(13,14)15/h3-6H,1-2H3/t6-/m1/s1. The quantitative estimate of drug-likeness (QED) is 0.766. The average Bonchev–Trinajstić information content (AvgIpc) is 2.26. The molecule has 1 heterocycles. The zero-order valence-electron chi connectivity index (χ0n) is 9.05. The minimum absolute atomic E-state index is 0.00365. The van der Waals surface area contributed by atoms with Crippen LogP contribution >= 0.6 is 11.8 Å². The Morgan fingerprint density at radius 2 is 1.76 bits per heavy atom. The molecule has 0 aliphatic carbocycles. The first-order valence-electron chi connectivity index (χ1n) is 4.64. The lowest BCUT2D eigenvalue weighted by Crippen LogP contribution is -2.34. The molecule has 0 unspecified atom stereocenters. The highest BCUT2D eigenvalue weighted by Gasteiger charge is 2.59. The van der Waals surface area contributed by atoms with Crippen LogP contribution in [-0.4, -0.2) is 17.4 Å². The van der Waals surface area contributed by atoms with Crippen molar-refractivity contribution in [2.45, 2.75) is 24.3 Å². The second-order valence-corrected chi connectivity index (χ2v) is 4.61. The number of alkyl halides is 5. The molecule has 0 N–H and O–H groups in total. The summed E-state index contributed by atoms with van der Waals surface area (Å²) in [6, 6.07) is 1.96. The van der Waals surface area contributed by atoms with Gasteiger partial charge in [0.1, 0.15) is 5.69 Å². The van der Waals surface area contributed by atoms with Gasteiger partial charge in [-0.15, -0.1) is 0 Å². The molecule has 1 nitrogen and oxygen atoms in total. The van der Waals surface area contributed by atoms with Gasteiger partial charge < -0.3 is 0 Å². The van der Waals surface area contributed by atoms with Crippen molar-refractivity contribution in [1.82, 2.24) is 4.98 Å². The van der Waals surface area contributed by atoms with E-state index < -0.39 is 17.8 Å². The van der Waals surface area contributed by atoms with Gasteiger partial charge in [-0.2, -0.15) is 33.7 Å². The van der Waals surface area contributed by atoms with E-state index in [9.17, 15) is 22.0 Å². The second-order valence-electron chi connectivity index (χ2n) is 3.43. The van der Waals surface area contributed by atoms with Crippen molar-refractivity contribution in [2.75, 3.05) is 6.26 Å². The Kier molecular flexibility index (Phi) is 4.01. The van der Waals surface area contributed by atoms with Crippen molar-refractivity contribution >= 4 is 11.8 Å². The van der Waals surface area contributed by atoms with Crippen molar-refractivity contribution in [3.8, 4) is 0 Å². The lowest BCUT2D eigenvalue weighted by molar-refractivity contribution is -0.290. The maximum atomic E-state index is 12.9. The Morgan fingerprint density at radius 1 is 1.18 bits per heavy atom. The second kappa shape index (κ2) is 4.80. The summed E-state index contributed by atoms with van der Waals surface area (Å²) in [5, 5.41) is -0.00365. The van der Waals surface area contributed by atoms with Gasteiger partial charge in [-0.3, -0.25) is 4.98 Å². The van der Waals surface area contributed by atoms with Gasteiger partial charge in [0, 0.05) is 11.4 Å². The number of thioether (sulfide) groups is 1. The van der Waals surface area contributed by atoms with Crippen LogP contribution in [0.15, 0.2) is 18.3 Å². The first kappa shape index (κ1) is 14.2. The van der Waals surface area contributed by atoms with E-state index in [0.717, 1.165) is 12.3 Å². The summed E-state index contributed by atoms with van der Waals surface area (Å²) in [7, 11) is 0. The maximum absolute atomic E-state index is 12.9. The van der Waals surface area contributed by atoms with Crippen LogP contribution in [0.5, 0.6) is 0 Å². The van der Waals surface area contributed by atoms with E-state index in [-0.39, 0.29) is 5.25 Å². The summed E-state index contributed by atoms with van der Waals surface area (Å²) in [6.07, 6.45) is -2.76. The molecule has 0 amide bonds. The number of halogens is 5. The van der Waals surface area contributed by atoms with E-state index in [1.807, 2.05) is 13.2 Å². The normalized spacial score (nSPS) is 14.8. The molecule has 0 aliphatic heterocycles. The van der Waals surface area contributed by atoms with Gasteiger partial charge in [-0.05, 0) is 24.8 Å². The van der Waals surface area contributed by atoms with E-state index in [2.05, 4.69) is 4.98 Å². The summed E-state index contributed by atoms with van der Waals surface area (Å²) in [6.45, 7) is 1.81. The highest BCUT2D eigenvalue weighted by Crippen LogP contribution is 2.43. The molecule has 1 rings (SSSR count). The molecule has 7 heteroatoms. The predicted molar refractivity (Wildman–Crippen MR) is 56.1 cm³/mol. The summed E-state index contributed by atoms with van der Waals surface area (Å²) < 4.78 is 61.9. The molecule has 0 radical (unpaired) electrons. The highest BCUT2D eigenvalue weighted by atomic mass is 32.2. The largest absolute Gasteiger partial charge is 0.459 e. The zero-order valence-corrected chi connectivity index (χ0v) is 9.87. The predicted octanol–water partition coefficient (Wildman–Crippen LogP) is 4.16. The monoisotopic (exact) mass is 271 g/mol. The third kappa shape index (κ3) is 2.88. The third-order valence-electron chi connectivity index (χ3n) is 2.29. The number of nitrogens with zero attached hydrogens (tertiary/aromatic N) is 1. The van der Waals surface area contributed by atoms with Crippen molar-refractivity contribution in [1.29, 1.82) is 0 Å². The Balaban J connectivity index is 3.03. The van der Waals surface area contributed by atoms with Crippen LogP contribution in [0.1, 0.15) is 23.4 Å². The zero-order chi connectivity index (χ0) is 13.3. The van der Waals surface area contributed by atoms with Crippen LogP contribution in [0.4, 0.5) is 22.0 Å². The smallest absolute Gasteiger partial charge is 0.254 e. The first-order valence-corrected chi connectivity index (χ1v) is 5.92. The Bertz CT molecular complexity index is 373. The lowest BCUT2D eigenvalue weighted by atomic mass is 10.1. The molecule has 0 bridgehead atoms. The summed E-state index contributed by atoms with van der Waals surface area (Å²) in [5.74, 6) is -4.91. The third-order valence-corrected chi connectivity index (χ3v) is 3.27. The molecule has 0 fully saturated rings. The van der Waals surface area contributed by atoms with E-state index >= 15 is 0 Å². The lowest BCUT2D eigenvalue weighted by Gasteiger charge is -2.19. The molecule has 1 aromatic heterocycles. The van der Waals surface area contributed by atoms with Gasteiger partial charge in [0.15, 0.2) is 0 Å². The topological polar surface area (TPSA) is 12.9 Å². The fourth-order valence-electron chi connectivity index (χ4n) is 1.11. The summed E-state index contributed by atoms with van der Waals surface area (Å²) in [4.78, 5) is 3.20. The molecule has 0 aliphatic rings. The Morgan fingerprint density at radius 3 is 2.12 bits per heavy atom. The van der Waals surface area contributed by atoms with Gasteiger partial charge in [-0.1, -0.05) is 6.07 Å². The number of hydrogen-bond acceptors (Lipinski definition) is 2. The Labute approximate surface area is 99.4 Å². The average molecular weight is 271 g/mol. The van der Waals surface area contributed by atoms with E-state index in [1.54, 1.807) is 0 Å². The van der Waals surface area contributed by atoms with E-state index in [4.69, 9.17) is 0 Å². The number of aromatic nitrogens is 1. The van der Waals surface area contributed by atoms with Crippen LogP contribution in [0.2, 0.25) is 0 Å². The molecule has 1 atom stereocenters. The molecule has 1 aromatic rings. The van der Waals surface area contributed by atoms with Crippen molar-refractivity contribution in [3.63, 3.8) is 0 Å². The summed E-state index contributed by atoms with van der Waals surface area (Å²) in [5.41, 5.74) is -0.665. The van der Waals surface area contributed by atoms with E-state index in [1.165, 1.54) is 17.8 Å². The van der Waals surface area contributed by atoms with Crippen LogP contribution in [-0.2, 0) is 5.92 Å². The molecule has 0 spiro atoms. The van der Waals surface area contributed by atoms with Gasteiger partial charge in [0.25, 0.3) is 0 Å². The highest BCUT2D eigenvalue weighted by molar-refractivity contribution is 7.98. The van der Waals surface area contributed by atoms with Crippen molar-refractivity contribution in [2.24, 2.45) is 0 Å². The van der Waals surface area contributed by atoms with Crippen LogP contribution < -0.4 is 0 Å². The minimum Gasteiger partial charge on any atom is -0.254 e. The fraction of sp³-hybridized carbons (Fsp3) is 0.500. The van der Waals surface area contributed by atoms with Gasteiger partial charge >= 0.3 is 12.1 Å². The number of rotatable bonds is 3. The minimum atomic E-state index is -5.62. The Hall–Kier alpha value is -0.850. The number of hydrogen-bond donors (Lipinski definition) is 0. The molecular weight excluding hydrogens is 261 g/mol. The SMILES string of the molecule is CS[C@H](C)c1ccc(C(F)(F)C(F)(F)F)nc1. The maximum Gasteiger partial charge on any atom is 0.459 e. The van der Waals surface area contributed by atoms with E-state index in [0.29, 0.717) is 5.56 Å². The van der Waals surface area contributed by atoms with Gasteiger partial charge in [0.2, 0.25) is 0 Å². The fourth-order valence-corrected chi connectivity index (χ4v) is 1.52. The molecule has 0 saturated heterocycles. The number of pyridine rings is 1. The van der Waals surface area contributed by atoms with Gasteiger partial charge in [0.05, 0.1) is 0 Å². The summed E-state index contributed by atoms with van der Waals surface area (Å²) >= 11 is 1.45. The van der Waals surface area contributed by atoms with Crippen LogP contribution in [0, 0.1) is 0 Å². The first-order chi connectivity index (χ1) is 7.70. The molecule has 0 saturated carbocycles. The van der Waals surface area contributed by atoms with Crippen molar-refractivity contribution in [3.05, 3.63) is 29.6 Å². The molecule has 96 valence electrons. The van der Waals surface area contributed by atoms with Gasteiger partial charge in [-0.25, -0.2) is 0 Å². The van der Waals surface area contributed by atoms with Crippen molar-refractivity contribution < 1.29 is 22.0 Å². The van der Waals surface area contributed by atoms with Crippen LogP contribution in [0.25, 0.3) is 0 Å². The molecule has 17 heavy (non-hydrogen) atoms.